The molecular weight excluding hydrogens is 851 g/mol. The van der Waals surface area contributed by atoms with E-state index in [4.69, 9.17) is 9.47 Å². The Bertz CT molecular complexity index is 1120. The van der Waals surface area contributed by atoms with Gasteiger partial charge in [0.2, 0.25) is 5.91 Å². The zero-order valence-corrected chi connectivity index (χ0v) is 44.6. The van der Waals surface area contributed by atoms with Crippen LogP contribution in [0.2, 0.25) is 0 Å². The maximum atomic E-state index is 13.0. The molecule has 0 aromatic carbocycles. The quantitative estimate of drug-likeness (QED) is 0.0261. The number of unbranched alkanes of at least 4 members (excludes halogenated alkanes) is 39. The van der Waals surface area contributed by atoms with Crippen LogP contribution in [0.3, 0.4) is 0 Å². The van der Waals surface area contributed by atoms with Gasteiger partial charge in [0.25, 0.3) is 0 Å². The van der Waals surface area contributed by atoms with Gasteiger partial charge in [0.05, 0.1) is 25.4 Å². The van der Waals surface area contributed by atoms with Crippen LogP contribution in [-0.4, -0.2) is 87.5 Å². The van der Waals surface area contributed by atoms with E-state index in [9.17, 15) is 30.3 Å². The Kier molecular flexibility index (Phi) is 46.9. The molecule has 6 N–H and O–H groups in total. The first-order valence-electron chi connectivity index (χ1n) is 29.6. The number of aliphatic hydroxyl groups excluding tert-OH is 5. The molecule has 1 amide bonds. The number of carbonyl (C=O) groups is 1. The lowest BCUT2D eigenvalue weighted by Crippen LogP contribution is -2.60. The van der Waals surface area contributed by atoms with E-state index in [1.165, 1.54) is 212 Å². The van der Waals surface area contributed by atoms with Crippen LogP contribution in [0.15, 0.2) is 24.3 Å². The van der Waals surface area contributed by atoms with Crippen LogP contribution in [0, 0.1) is 0 Å². The van der Waals surface area contributed by atoms with Crippen molar-refractivity contribution in [2.45, 2.75) is 333 Å². The second-order valence-electron chi connectivity index (χ2n) is 20.8. The zero-order valence-electron chi connectivity index (χ0n) is 44.6. The number of aliphatic hydroxyl groups is 5. The molecule has 402 valence electrons. The Morgan fingerprint density at radius 3 is 1.21 bits per heavy atom. The first-order chi connectivity index (χ1) is 33.3. The van der Waals surface area contributed by atoms with Crippen LogP contribution < -0.4 is 5.32 Å². The Balaban J connectivity index is 2.13. The van der Waals surface area contributed by atoms with E-state index >= 15 is 0 Å². The van der Waals surface area contributed by atoms with Crippen molar-refractivity contribution in [3.05, 3.63) is 24.3 Å². The minimum absolute atomic E-state index is 0.183. The summed E-state index contributed by atoms with van der Waals surface area (Å²) in [5, 5.41) is 54.4. The van der Waals surface area contributed by atoms with Gasteiger partial charge in [0.1, 0.15) is 24.4 Å². The SMILES string of the molecule is CCCCCC/C=C\CCCCCCCC(=O)NC(COC1OC(CO)C(O)C(O)C1O)C(O)/C=C/CCCCCCCCCCCCCCCCCCCCCCCCCCCCCCCC. The van der Waals surface area contributed by atoms with Gasteiger partial charge in [-0.2, -0.15) is 0 Å². The molecule has 68 heavy (non-hydrogen) atoms. The van der Waals surface area contributed by atoms with E-state index in [0.29, 0.717) is 6.42 Å². The summed E-state index contributed by atoms with van der Waals surface area (Å²) in [4.78, 5) is 13.0. The molecule has 7 atom stereocenters. The third kappa shape index (κ3) is 38.4. The van der Waals surface area contributed by atoms with Crippen LogP contribution in [0.1, 0.15) is 290 Å². The number of amides is 1. The van der Waals surface area contributed by atoms with Crippen molar-refractivity contribution in [3.63, 3.8) is 0 Å². The average molecular weight is 965 g/mol. The highest BCUT2D eigenvalue weighted by Crippen LogP contribution is 2.23. The highest BCUT2D eigenvalue weighted by molar-refractivity contribution is 5.76. The van der Waals surface area contributed by atoms with E-state index in [1.807, 2.05) is 6.08 Å². The molecule has 1 aliphatic heterocycles. The summed E-state index contributed by atoms with van der Waals surface area (Å²) in [6.45, 7) is 3.78. The molecule has 1 heterocycles. The molecular formula is C59H113NO8. The Labute approximate surface area is 419 Å². The fraction of sp³-hybridized carbons (Fsp3) is 0.915. The zero-order chi connectivity index (χ0) is 49.4. The van der Waals surface area contributed by atoms with Crippen LogP contribution in [0.4, 0.5) is 0 Å². The van der Waals surface area contributed by atoms with Crippen LogP contribution in [-0.2, 0) is 14.3 Å². The first kappa shape index (κ1) is 64.7. The molecule has 1 rings (SSSR count). The smallest absolute Gasteiger partial charge is 0.220 e. The number of carbonyl (C=O) groups excluding carboxylic acids is 1. The maximum Gasteiger partial charge on any atom is 0.220 e. The number of hydrogen-bond acceptors (Lipinski definition) is 8. The van der Waals surface area contributed by atoms with Gasteiger partial charge in [-0.25, -0.2) is 0 Å². The Morgan fingerprint density at radius 2 is 0.824 bits per heavy atom. The highest BCUT2D eigenvalue weighted by Gasteiger charge is 2.44. The van der Waals surface area contributed by atoms with Crippen LogP contribution in [0.25, 0.3) is 0 Å². The molecule has 7 unspecified atom stereocenters. The lowest BCUT2D eigenvalue weighted by atomic mass is 9.99. The molecule has 0 aromatic heterocycles. The highest BCUT2D eigenvalue weighted by atomic mass is 16.7. The summed E-state index contributed by atoms with van der Waals surface area (Å²) in [6, 6.07) is -0.807. The second-order valence-corrected chi connectivity index (χ2v) is 20.8. The van der Waals surface area contributed by atoms with Crippen molar-refractivity contribution >= 4 is 5.91 Å². The summed E-state index contributed by atoms with van der Waals surface area (Å²) in [5.41, 5.74) is 0. The summed E-state index contributed by atoms with van der Waals surface area (Å²) in [6.07, 6.45) is 55.5. The number of allylic oxidation sites excluding steroid dienone is 3. The van der Waals surface area contributed by atoms with Gasteiger partial charge in [-0.05, 0) is 44.9 Å². The topological polar surface area (TPSA) is 149 Å². The fourth-order valence-corrected chi connectivity index (χ4v) is 9.57. The molecule has 1 saturated heterocycles. The summed E-state index contributed by atoms with van der Waals surface area (Å²) < 4.78 is 11.3. The molecule has 0 spiro atoms. The molecule has 9 nitrogen and oxygen atoms in total. The van der Waals surface area contributed by atoms with Gasteiger partial charge in [-0.15, -0.1) is 0 Å². The van der Waals surface area contributed by atoms with Crippen molar-refractivity contribution in [1.29, 1.82) is 0 Å². The number of rotatable bonds is 51. The van der Waals surface area contributed by atoms with Crippen molar-refractivity contribution in [3.8, 4) is 0 Å². The van der Waals surface area contributed by atoms with Crippen LogP contribution >= 0.6 is 0 Å². The van der Waals surface area contributed by atoms with E-state index < -0.39 is 49.5 Å². The standard InChI is InChI=1S/C59H113NO8/c1-3-5-7-9-11-13-15-17-18-19-20-21-22-23-24-25-26-27-28-29-30-31-32-33-34-35-37-38-40-42-44-46-48-53(62)52(51-67-59-58(66)57(65)56(64)54(50-61)68-59)60-55(63)49-47-45-43-41-39-36-16-14-12-10-8-6-4-2/h14,16,46,48,52-54,56-59,61-62,64-66H,3-13,15,17-45,47,49-51H2,1-2H3,(H,60,63)/b16-14-,48-46+. The summed E-state index contributed by atoms with van der Waals surface area (Å²) in [5.74, 6) is -0.183. The average Bonchev–Trinajstić information content (AvgIpc) is 3.34. The Morgan fingerprint density at radius 1 is 0.485 bits per heavy atom. The predicted molar refractivity (Wildman–Crippen MR) is 286 cm³/mol. The van der Waals surface area contributed by atoms with E-state index in [0.717, 1.165) is 57.8 Å². The normalized spacial score (nSPS) is 19.7. The van der Waals surface area contributed by atoms with Crippen molar-refractivity contribution < 1.29 is 39.8 Å². The minimum Gasteiger partial charge on any atom is -0.394 e. The molecule has 0 bridgehead atoms. The van der Waals surface area contributed by atoms with E-state index in [2.05, 4.69) is 31.3 Å². The molecule has 0 radical (unpaired) electrons. The monoisotopic (exact) mass is 964 g/mol. The lowest BCUT2D eigenvalue weighted by Gasteiger charge is -2.40. The Hall–Kier alpha value is -1.33. The number of hydrogen-bond donors (Lipinski definition) is 6. The first-order valence-corrected chi connectivity index (χ1v) is 29.6. The van der Waals surface area contributed by atoms with Gasteiger partial charge in [0, 0.05) is 6.42 Å². The van der Waals surface area contributed by atoms with Gasteiger partial charge in [-0.1, -0.05) is 263 Å². The molecule has 1 aliphatic rings. The van der Waals surface area contributed by atoms with Crippen molar-refractivity contribution in [2.75, 3.05) is 13.2 Å². The predicted octanol–water partition coefficient (Wildman–Crippen LogP) is 14.6. The lowest BCUT2D eigenvalue weighted by molar-refractivity contribution is -0.302. The van der Waals surface area contributed by atoms with Crippen molar-refractivity contribution in [2.24, 2.45) is 0 Å². The summed E-state index contributed by atoms with van der Waals surface area (Å²) >= 11 is 0. The third-order valence-electron chi connectivity index (χ3n) is 14.3. The van der Waals surface area contributed by atoms with E-state index in [-0.39, 0.29) is 12.5 Å². The molecule has 0 saturated carbocycles. The minimum atomic E-state index is -1.57. The van der Waals surface area contributed by atoms with Gasteiger partial charge >= 0.3 is 0 Å². The molecule has 9 heteroatoms. The molecule has 0 aliphatic carbocycles. The second kappa shape index (κ2) is 49.3. The van der Waals surface area contributed by atoms with Crippen molar-refractivity contribution in [1.82, 2.24) is 5.32 Å². The van der Waals surface area contributed by atoms with Crippen LogP contribution in [0.5, 0.6) is 0 Å². The van der Waals surface area contributed by atoms with Gasteiger partial charge in [0.15, 0.2) is 6.29 Å². The van der Waals surface area contributed by atoms with Gasteiger partial charge in [-0.3, -0.25) is 4.79 Å². The largest absolute Gasteiger partial charge is 0.394 e. The number of ether oxygens (including phenoxy) is 2. The fourth-order valence-electron chi connectivity index (χ4n) is 9.57. The molecule has 1 fully saturated rings. The summed E-state index contributed by atoms with van der Waals surface area (Å²) in [7, 11) is 0. The third-order valence-corrected chi connectivity index (χ3v) is 14.3. The number of nitrogens with one attached hydrogen (secondary N) is 1. The maximum absolute atomic E-state index is 13.0. The van der Waals surface area contributed by atoms with Gasteiger partial charge < -0.3 is 40.3 Å². The molecule has 0 aromatic rings. The van der Waals surface area contributed by atoms with E-state index in [1.54, 1.807) is 6.08 Å².